The number of benzene rings is 1. The standard InChI is InChI=1S/C19H18BrNO2S2/c20-15-4-2-1-3-13(15)5-8-19(23)21-11-16(22)18-7-6-17(25-18)14-9-10-24-12-14/h1-4,6-7,9-10,12,16,22H,5,8,11H2,(H,21,23). The van der Waals surface area contributed by atoms with Crippen LogP contribution in [0.15, 0.2) is 57.7 Å². The molecule has 1 atom stereocenters. The Hall–Kier alpha value is -1.47. The average molecular weight is 436 g/mol. The van der Waals surface area contributed by atoms with E-state index in [1.165, 1.54) is 5.56 Å². The van der Waals surface area contributed by atoms with E-state index in [0.29, 0.717) is 12.8 Å². The molecule has 0 aliphatic rings. The van der Waals surface area contributed by atoms with E-state index < -0.39 is 6.10 Å². The highest BCUT2D eigenvalue weighted by atomic mass is 79.9. The van der Waals surface area contributed by atoms with Crippen LogP contribution in [0.25, 0.3) is 10.4 Å². The molecule has 130 valence electrons. The lowest BCUT2D eigenvalue weighted by atomic mass is 10.1. The van der Waals surface area contributed by atoms with Crippen LogP contribution in [0.4, 0.5) is 0 Å². The molecule has 3 nitrogen and oxygen atoms in total. The summed E-state index contributed by atoms with van der Waals surface area (Å²) in [6.45, 7) is 0.235. The Morgan fingerprint density at radius 3 is 2.80 bits per heavy atom. The number of hydrogen-bond donors (Lipinski definition) is 2. The van der Waals surface area contributed by atoms with Gasteiger partial charge in [-0.05, 0) is 47.0 Å². The Morgan fingerprint density at radius 1 is 1.20 bits per heavy atom. The highest BCUT2D eigenvalue weighted by Crippen LogP contribution is 2.32. The summed E-state index contributed by atoms with van der Waals surface area (Å²) < 4.78 is 1.02. The number of aliphatic hydroxyl groups excluding tert-OH is 1. The Labute approximate surface area is 163 Å². The molecule has 2 N–H and O–H groups in total. The number of amides is 1. The van der Waals surface area contributed by atoms with Gasteiger partial charge in [0.2, 0.25) is 5.91 Å². The molecule has 25 heavy (non-hydrogen) atoms. The van der Waals surface area contributed by atoms with Gasteiger partial charge >= 0.3 is 0 Å². The van der Waals surface area contributed by atoms with Crippen LogP contribution in [0.2, 0.25) is 0 Å². The van der Waals surface area contributed by atoms with Gasteiger partial charge in [0.15, 0.2) is 0 Å². The van der Waals surface area contributed by atoms with Crippen molar-refractivity contribution >= 4 is 44.5 Å². The number of rotatable bonds is 7. The van der Waals surface area contributed by atoms with E-state index in [4.69, 9.17) is 0 Å². The molecular formula is C19H18BrNO2S2. The summed E-state index contributed by atoms with van der Waals surface area (Å²) in [5, 5.41) is 17.2. The quantitative estimate of drug-likeness (QED) is 0.546. The van der Waals surface area contributed by atoms with Crippen LogP contribution in [0.3, 0.4) is 0 Å². The summed E-state index contributed by atoms with van der Waals surface area (Å²) in [6, 6.07) is 13.9. The predicted molar refractivity (Wildman–Crippen MR) is 108 cm³/mol. The normalized spacial score (nSPS) is 12.1. The van der Waals surface area contributed by atoms with Crippen LogP contribution in [0.1, 0.15) is 23.0 Å². The molecule has 0 bridgehead atoms. The lowest BCUT2D eigenvalue weighted by Crippen LogP contribution is -2.28. The van der Waals surface area contributed by atoms with Crippen molar-refractivity contribution in [2.45, 2.75) is 18.9 Å². The fourth-order valence-electron chi connectivity index (χ4n) is 2.44. The number of hydrogen-bond acceptors (Lipinski definition) is 4. The second kappa shape index (κ2) is 8.76. The molecule has 3 rings (SSSR count). The smallest absolute Gasteiger partial charge is 0.220 e. The van der Waals surface area contributed by atoms with Gasteiger partial charge in [-0.3, -0.25) is 4.79 Å². The van der Waals surface area contributed by atoms with Crippen molar-refractivity contribution in [3.63, 3.8) is 0 Å². The molecule has 0 saturated carbocycles. The maximum atomic E-state index is 12.0. The van der Waals surface area contributed by atoms with Gasteiger partial charge in [0.25, 0.3) is 0 Å². The average Bonchev–Trinajstić information content (AvgIpc) is 3.30. The first-order valence-corrected chi connectivity index (χ1v) is 10.5. The second-order valence-corrected chi connectivity index (χ2v) is 8.38. The van der Waals surface area contributed by atoms with Crippen LogP contribution in [0.5, 0.6) is 0 Å². The van der Waals surface area contributed by atoms with Crippen molar-refractivity contribution in [2.24, 2.45) is 0 Å². The molecule has 1 aromatic carbocycles. The number of thiophene rings is 2. The molecular weight excluding hydrogens is 418 g/mol. The van der Waals surface area contributed by atoms with Crippen molar-refractivity contribution < 1.29 is 9.90 Å². The van der Waals surface area contributed by atoms with E-state index in [9.17, 15) is 9.90 Å². The number of aryl methyl sites for hydroxylation is 1. The lowest BCUT2D eigenvalue weighted by Gasteiger charge is -2.10. The van der Waals surface area contributed by atoms with Crippen LogP contribution >= 0.6 is 38.6 Å². The van der Waals surface area contributed by atoms with Gasteiger partial charge in [-0.2, -0.15) is 11.3 Å². The van der Waals surface area contributed by atoms with Crippen molar-refractivity contribution in [3.05, 3.63) is 68.1 Å². The number of aliphatic hydroxyl groups is 1. The lowest BCUT2D eigenvalue weighted by molar-refractivity contribution is -0.121. The monoisotopic (exact) mass is 435 g/mol. The fraction of sp³-hybridized carbons (Fsp3) is 0.211. The number of carbonyl (C=O) groups excluding carboxylic acids is 1. The topological polar surface area (TPSA) is 49.3 Å². The number of nitrogens with one attached hydrogen (secondary N) is 1. The van der Waals surface area contributed by atoms with Gasteiger partial charge in [0.05, 0.1) is 0 Å². The Morgan fingerprint density at radius 2 is 2.04 bits per heavy atom. The van der Waals surface area contributed by atoms with Crippen molar-refractivity contribution in [1.29, 1.82) is 0 Å². The first kappa shape index (κ1) is 18.3. The number of halogens is 1. The van der Waals surface area contributed by atoms with Gasteiger partial charge in [-0.15, -0.1) is 11.3 Å². The zero-order valence-electron chi connectivity index (χ0n) is 13.4. The molecule has 1 amide bonds. The van der Waals surface area contributed by atoms with Gasteiger partial charge in [-0.1, -0.05) is 34.1 Å². The Bertz CT molecular complexity index is 830. The van der Waals surface area contributed by atoms with E-state index in [2.05, 4.69) is 32.7 Å². The minimum absolute atomic E-state index is 0.0515. The van der Waals surface area contributed by atoms with Gasteiger partial charge in [0.1, 0.15) is 6.10 Å². The zero-order chi connectivity index (χ0) is 17.6. The summed E-state index contributed by atoms with van der Waals surface area (Å²) in [5.41, 5.74) is 2.28. The van der Waals surface area contributed by atoms with Gasteiger partial charge in [-0.25, -0.2) is 0 Å². The van der Waals surface area contributed by atoms with Crippen LogP contribution in [-0.4, -0.2) is 17.6 Å². The summed E-state index contributed by atoms with van der Waals surface area (Å²) in [6.07, 6.45) is 0.398. The van der Waals surface area contributed by atoms with E-state index >= 15 is 0 Å². The van der Waals surface area contributed by atoms with E-state index in [1.54, 1.807) is 22.7 Å². The first-order valence-electron chi connectivity index (χ1n) is 7.94. The molecule has 2 heterocycles. The molecule has 3 aromatic rings. The van der Waals surface area contributed by atoms with E-state index in [1.807, 2.05) is 41.8 Å². The summed E-state index contributed by atoms with van der Waals surface area (Å²) >= 11 is 6.70. The molecule has 2 aromatic heterocycles. The maximum Gasteiger partial charge on any atom is 0.220 e. The van der Waals surface area contributed by atoms with Crippen molar-refractivity contribution in [3.8, 4) is 10.4 Å². The molecule has 0 aliphatic carbocycles. The highest BCUT2D eigenvalue weighted by molar-refractivity contribution is 9.10. The molecule has 0 spiro atoms. The van der Waals surface area contributed by atoms with E-state index in [-0.39, 0.29) is 12.5 Å². The first-order chi connectivity index (χ1) is 12.1. The van der Waals surface area contributed by atoms with Gasteiger partial charge < -0.3 is 10.4 Å². The third kappa shape index (κ3) is 5.01. The minimum Gasteiger partial charge on any atom is -0.386 e. The van der Waals surface area contributed by atoms with Crippen LogP contribution in [0, 0.1) is 0 Å². The van der Waals surface area contributed by atoms with Crippen LogP contribution in [-0.2, 0) is 11.2 Å². The van der Waals surface area contributed by atoms with Crippen molar-refractivity contribution in [1.82, 2.24) is 5.32 Å². The molecule has 0 radical (unpaired) electrons. The molecule has 0 aliphatic heterocycles. The molecule has 0 saturated heterocycles. The second-order valence-electron chi connectivity index (χ2n) is 5.63. The SMILES string of the molecule is O=C(CCc1ccccc1Br)NCC(O)c1ccc(-c2ccsc2)s1. The minimum atomic E-state index is -0.676. The van der Waals surface area contributed by atoms with Gasteiger partial charge in [0, 0.05) is 32.8 Å². The summed E-state index contributed by atoms with van der Waals surface area (Å²) in [7, 11) is 0. The fourth-order valence-corrected chi connectivity index (χ4v) is 4.64. The zero-order valence-corrected chi connectivity index (χ0v) is 16.7. The molecule has 1 unspecified atom stereocenters. The van der Waals surface area contributed by atoms with Crippen LogP contribution < -0.4 is 5.32 Å². The highest BCUT2D eigenvalue weighted by Gasteiger charge is 2.13. The Kier molecular flexibility index (Phi) is 6.42. The Balaban J connectivity index is 1.48. The third-order valence-electron chi connectivity index (χ3n) is 3.83. The number of carbonyl (C=O) groups is 1. The summed E-state index contributed by atoms with van der Waals surface area (Å²) in [4.78, 5) is 14.0. The summed E-state index contributed by atoms with van der Waals surface area (Å²) in [5.74, 6) is -0.0515. The molecule has 6 heteroatoms. The molecule has 0 fully saturated rings. The van der Waals surface area contributed by atoms with E-state index in [0.717, 1.165) is 19.8 Å². The predicted octanol–water partition coefficient (Wildman–Crippen LogP) is 5.02. The maximum absolute atomic E-state index is 12.0. The largest absolute Gasteiger partial charge is 0.386 e. The van der Waals surface area contributed by atoms with Crippen molar-refractivity contribution in [2.75, 3.05) is 6.54 Å². The third-order valence-corrected chi connectivity index (χ3v) is 6.53.